The Kier molecular flexibility index (Phi) is 3.31. The van der Waals surface area contributed by atoms with Crippen LogP contribution in [0.15, 0.2) is 24.5 Å². The monoisotopic (exact) mass is 302 g/mol. The molecule has 3 heterocycles. The first kappa shape index (κ1) is 13.7. The largest absolute Gasteiger partial charge is 0.396 e. The van der Waals surface area contributed by atoms with Gasteiger partial charge in [0.05, 0.1) is 24.9 Å². The van der Waals surface area contributed by atoms with Crippen LogP contribution in [0, 0.1) is 5.92 Å². The highest BCUT2D eigenvalue weighted by Gasteiger charge is 2.43. The number of hydrogen-bond donors (Lipinski definition) is 1. The summed E-state index contributed by atoms with van der Waals surface area (Å²) in [5.74, 6) is 0.145. The van der Waals surface area contributed by atoms with Crippen molar-refractivity contribution in [2.24, 2.45) is 5.92 Å². The first-order chi connectivity index (χ1) is 10.8. The summed E-state index contributed by atoms with van der Waals surface area (Å²) in [6.07, 6.45) is 4.85. The van der Waals surface area contributed by atoms with Crippen LogP contribution in [0.3, 0.4) is 0 Å². The molecular weight excluding hydrogens is 284 g/mol. The smallest absolute Gasteiger partial charge is 0.274 e. The fourth-order valence-electron chi connectivity index (χ4n) is 3.57. The lowest BCUT2D eigenvalue weighted by Gasteiger charge is -2.37. The van der Waals surface area contributed by atoms with E-state index in [4.69, 9.17) is 4.74 Å². The Labute approximate surface area is 127 Å². The Morgan fingerprint density at radius 2 is 2.36 bits per heavy atom. The normalized spacial score (nSPS) is 28.0. The van der Waals surface area contributed by atoms with Gasteiger partial charge in [-0.15, -0.1) is 0 Å². The molecule has 3 atom stereocenters. The molecule has 22 heavy (non-hydrogen) atoms. The average molecular weight is 302 g/mol. The van der Waals surface area contributed by atoms with E-state index in [1.165, 1.54) is 0 Å². The lowest BCUT2D eigenvalue weighted by Crippen LogP contribution is -2.51. The maximum absolute atomic E-state index is 12.9. The zero-order valence-electron chi connectivity index (χ0n) is 12.1. The number of nitrogens with zero attached hydrogens (tertiary/aromatic N) is 4. The van der Waals surface area contributed by atoms with Gasteiger partial charge in [0.2, 0.25) is 0 Å². The molecule has 1 aliphatic carbocycles. The fraction of sp³-hybridized carbons (Fsp3) is 0.533. The van der Waals surface area contributed by atoms with E-state index in [0.29, 0.717) is 24.5 Å². The summed E-state index contributed by atoms with van der Waals surface area (Å²) in [4.78, 5) is 19.0. The van der Waals surface area contributed by atoms with Crippen LogP contribution in [0.5, 0.6) is 0 Å². The maximum atomic E-state index is 12.9. The molecule has 2 aliphatic rings. The first-order valence-electron chi connectivity index (χ1n) is 7.60. The molecule has 1 amide bonds. The highest BCUT2D eigenvalue weighted by Crippen LogP contribution is 2.34. The average Bonchev–Trinajstić information content (AvgIpc) is 3.17. The van der Waals surface area contributed by atoms with Crippen LogP contribution in [0.2, 0.25) is 0 Å². The van der Waals surface area contributed by atoms with Gasteiger partial charge >= 0.3 is 0 Å². The number of carbonyl (C=O) groups is 1. The van der Waals surface area contributed by atoms with Gasteiger partial charge in [-0.2, -0.15) is 5.10 Å². The van der Waals surface area contributed by atoms with Crippen molar-refractivity contribution < 1.29 is 14.6 Å². The number of fused-ring (bicyclic) bond motifs is 2. The van der Waals surface area contributed by atoms with Crippen LogP contribution in [0.25, 0.3) is 5.65 Å². The summed E-state index contributed by atoms with van der Waals surface area (Å²) in [5, 5.41) is 13.6. The Balaban J connectivity index is 1.64. The van der Waals surface area contributed by atoms with E-state index in [2.05, 4.69) is 10.1 Å². The summed E-state index contributed by atoms with van der Waals surface area (Å²) < 4.78 is 7.35. The molecule has 7 heteroatoms. The molecule has 0 aromatic carbocycles. The molecular formula is C15H18N4O3. The number of carbonyl (C=O) groups excluding carboxylic acids is 1. The second kappa shape index (κ2) is 5.33. The highest BCUT2D eigenvalue weighted by molar-refractivity contribution is 5.93. The van der Waals surface area contributed by atoms with Gasteiger partial charge in [0.1, 0.15) is 0 Å². The molecule has 1 saturated carbocycles. The maximum Gasteiger partial charge on any atom is 0.274 e. The van der Waals surface area contributed by atoms with Crippen molar-refractivity contribution in [3.63, 3.8) is 0 Å². The van der Waals surface area contributed by atoms with Crippen molar-refractivity contribution in [3.05, 3.63) is 30.2 Å². The topological polar surface area (TPSA) is 80.0 Å². The molecule has 0 spiro atoms. The molecule has 1 N–H and O–H groups in total. The predicted octanol–water partition coefficient (Wildman–Crippen LogP) is 0.341. The van der Waals surface area contributed by atoms with Gasteiger partial charge < -0.3 is 14.7 Å². The minimum Gasteiger partial charge on any atom is -0.396 e. The number of aromatic nitrogens is 3. The molecule has 0 bridgehead atoms. The minimum absolute atomic E-state index is 0.0296. The van der Waals surface area contributed by atoms with E-state index in [0.717, 1.165) is 12.8 Å². The Hall–Kier alpha value is -1.99. The molecule has 0 radical (unpaired) electrons. The second-order valence-corrected chi connectivity index (χ2v) is 5.93. The standard InChI is InChI=1S/C15H18N4O3/c20-9-10-6-11-13(7-10)22-5-4-18(11)15(21)12-8-16-14-2-1-3-17-19(12)14/h1-3,8,10-11,13,20H,4-7,9H2/t10-,11+,13?/m1/s1. The summed E-state index contributed by atoms with van der Waals surface area (Å²) in [5.41, 5.74) is 1.14. The van der Waals surface area contributed by atoms with Gasteiger partial charge in [-0.25, -0.2) is 9.50 Å². The minimum atomic E-state index is -0.0666. The fourth-order valence-corrected chi connectivity index (χ4v) is 3.57. The molecule has 4 rings (SSSR count). The lowest BCUT2D eigenvalue weighted by atomic mass is 10.1. The van der Waals surface area contributed by atoms with Gasteiger partial charge in [0.15, 0.2) is 11.3 Å². The Morgan fingerprint density at radius 1 is 1.45 bits per heavy atom. The number of ether oxygens (including phenoxy) is 1. The third-order valence-corrected chi connectivity index (χ3v) is 4.65. The second-order valence-electron chi connectivity index (χ2n) is 5.93. The number of imidazole rings is 1. The quantitative estimate of drug-likeness (QED) is 0.865. The molecule has 2 aromatic heterocycles. The van der Waals surface area contributed by atoms with Crippen molar-refractivity contribution in [3.8, 4) is 0 Å². The van der Waals surface area contributed by atoms with E-state index in [9.17, 15) is 9.90 Å². The van der Waals surface area contributed by atoms with Gasteiger partial charge in [-0.3, -0.25) is 4.79 Å². The van der Waals surface area contributed by atoms with Crippen molar-refractivity contribution in [1.29, 1.82) is 0 Å². The predicted molar refractivity (Wildman–Crippen MR) is 77.4 cm³/mol. The Bertz CT molecular complexity index is 701. The number of morpholine rings is 1. The van der Waals surface area contributed by atoms with Crippen LogP contribution in [-0.2, 0) is 4.74 Å². The van der Waals surface area contributed by atoms with Gasteiger partial charge in [0.25, 0.3) is 5.91 Å². The summed E-state index contributed by atoms with van der Waals surface area (Å²) >= 11 is 0. The van der Waals surface area contributed by atoms with Crippen molar-refractivity contribution in [2.75, 3.05) is 19.8 Å². The molecule has 2 fully saturated rings. The zero-order valence-corrected chi connectivity index (χ0v) is 12.1. The van der Waals surface area contributed by atoms with E-state index < -0.39 is 0 Å². The number of aliphatic hydroxyl groups excluding tert-OH is 1. The number of aliphatic hydroxyl groups is 1. The van der Waals surface area contributed by atoms with E-state index in [1.807, 2.05) is 11.0 Å². The van der Waals surface area contributed by atoms with Crippen LogP contribution in [-0.4, -0.2) is 62.4 Å². The van der Waals surface area contributed by atoms with E-state index in [-0.39, 0.29) is 30.6 Å². The molecule has 1 aliphatic heterocycles. The van der Waals surface area contributed by atoms with Gasteiger partial charge in [-0.1, -0.05) is 0 Å². The van der Waals surface area contributed by atoms with Crippen LogP contribution >= 0.6 is 0 Å². The number of rotatable bonds is 2. The van der Waals surface area contributed by atoms with Crippen molar-refractivity contribution >= 4 is 11.6 Å². The lowest BCUT2D eigenvalue weighted by molar-refractivity contribution is -0.0451. The first-order valence-corrected chi connectivity index (χ1v) is 7.60. The van der Waals surface area contributed by atoms with Gasteiger partial charge in [0, 0.05) is 19.3 Å². The molecule has 1 unspecified atom stereocenters. The van der Waals surface area contributed by atoms with Crippen LogP contribution < -0.4 is 0 Å². The SMILES string of the molecule is O=C(c1cnc2cccnn12)N1CCOC2C[C@H](CO)C[C@@H]21. The highest BCUT2D eigenvalue weighted by atomic mass is 16.5. The van der Waals surface area contributed by atoms with E-state index in [1.54, 1.807) is 23.0 Å². The third kappa shape index (κ3) is 2.08. The van der Waals surface area contributed by atoms with Crippen LogP contribution in [0.4, 0.5) is 0 Å². The zero-order chi connectivity index (χ0) is 15.1. The summed E-state index contributed by atoms with van der Waals surface area (Å²) in [6, 6.07) is 3.65. The van der Waals surface area contributed by atoms with Gasteiger partial charge in [-0.05, 0) is 30.9 Å². The third-order valence-electron chi connectivity index (χ3n) is 4.65. The molecule has 7 nitrogen and oxygen atoms in total. The number of amides is 1. The van der Waals surface area contributed by atoms with Crippen molar-refractivity contribution in [1.82, 2.24) is 19.5 Å². The molecule has 2 aromatic rings. The van der Waals surface area contributed by atoms with E-state index >= 15 is 0 Å². The Morgan fingerprint density at radius 3 is 3.23 bits per heavy atom. The summed E-state index contributed by atoms with van der Waals surface area (Å²) in [6.45, 7) is 1.25. The number of hydrogen-bond acceptors (Lipinski definition) is 5. The molecule has 116 valence electrons. The molecule has 1 saturated heterocycles. The van der Waals surface area contributed by atoms with Crippen LogP contribution in [0.1, 0.15) is 23.3 Å². The summed E-state index contributed by atoms with van der Waals surface area (Å²) in [7, 11) is 0. The van der Waals surface area contributed by atoms with Crippen molar-refractivity contribution in [2.45, 2.75) is 25.0 Å².